The van der Waals surface area contributed by atoms with E-state index in [2.05, 4.69) is 0 Å². The number of aliphatic hydroxyl groups is 1. The highest BCUT2D eigenvalue weighted by atomic mass is 28.4. The lowest BCUT2D eigenvalue weighted by Crippen LogP contribution is -2.46. The predicted octanol–water partition coefficient (Wildman–Crippen LogP) is 2.44. The molecule has 2 atom stereocenters. The highest BCUT2D eigenvalue weighted by Crippen LogP contribution is 2.28. The summed E-state index contributed by atoms with van der Waals surface area (Å²) in [6.07, 6.45) is 0.122. The van der Waals surface area contributed by atoms with Crippen LogP contribution in [0.15, 0.2) is 0 Å². The van der Waals surface area contributed by atoms with Crippen LogP contribution >= 0.6 is 0 Å². The Bertz CT molecular complexity index is 325. The molecular formula is C15H33NO6Si. The predicted molar refractivity (Wildman–Crippen MR) is 90.0 cm³/mol. The van der Waals surface area contributed by atoms with Crippen molar-refractivity contribution in [2.24, 2.45) is 5.73 Å². The van der Waals surface area contributed by atoms with Gasteiger partial charge in [-0.1, -0.05) is 0 Å². The zero-order valence-electron chi connectivity index (χ0n) is 15.1. The lowest BCUT2D eigenvalue weighted by atomic mass is 9.93. The number of ether oxygens (including phenoxy) is 1. The Balaban J connectivity index is 4.81. The number of nitrogens with two attached hydrogens (primary N) is 1. The molecule has 138 valence electrons. The van der Waals surface area contributed by atoms with Crippen molar-refractivity contribution in [3.63, 3.8) is 0 Å². The zero-order valence-corrected chi connectivity index (χ0v) is 16.1. The summed E-state index contributed by atoms with van der Waals surface area (Å²) in [6, 6.07) is 0.625. The smallest absolute Gasteiger partial charge is 0.443 e. The van der Waals surface area contributed by atoms with E-state index in [9.17, 15) is 9.90 Å². The Morgan fingerprint density at radius 2 is 1.65 bits per heavy atom. The summed E-state index contributed by atoms with van der Waals surface area (Å²) < 4.78 is 22.6. The van der Waals surface area contributed by atoms with Gasteiger partial charge in [0, 0.05) is 32.3 Å². The van der Waals surface area contributed by atoms with E-state index in [1.165, 1.54) is 0 Å². The van der Waals surface area contributed by atoms with Gasteiger partial charge in [-0.2, -0.15) is 0 Å². The third-order valence-corrected chi connectivity index (χ3v) is 6.51. The third-order valence-electron chi connectivity index (χ3n) is 3.36. The van der Waals surface area contributed by atoms with Crippen molar-refractivity contribution in [1.82, 2.24) is 0 Å². The van der Waals surface area contributed by atoms with Crippen LogP contribution in [0.5, 0.6) is 0 Å². The second-order valence-electron chi connectivity index (χ2n) is 5.76. The van der Waals surface area contributed by atoms with Crippen molar-refractivity contribution >= 4 is 14.9 Å². The highest BCUT2D eigenvalue weighted by molar-refractivity contribution is 6.60. The molecule has 0 saturated carbocycles. The summed E-state index contributed by atoms with van der Waals surface area (Å²) in [5, 5.41) is 9.62. The Morgan fingerprint density at radius 1 is 1.17 bits per heavy atom. The third kappa shape index (κ3) is 9.26. The van der Waals surface area contributed by atoms with Gasteiger partial charge in [-0.25, -0.2) is 4.79 Å². The number of amides is 1. The Labute approximate surface area is 140 Å². The number of carbonyl (C=O) groups excluding carboxylic acids is 1. The van der Waals surface area contributed by atoms with E-state index in [0.29, 0.717) is 45.1 Å². The van der Waals surface area contributed by atoms with Crippen LogP contribution in [-0.2, 0) is 18.0 Å². The average molecular weight is 352 g/mol. The van der Waals surface area contributed by atoms with Crippen LogP contribution in [-0.4, -0.2) is 51.5 Å². The second kappa shape index (κ2) is 11.0. The van der Waals surface area contributed by atoms with Crippen LogP contribution in [0.25, 0.3) is 0 Å². The van der Waals surface area contributed by atoms with Gasteiger partial charge in [-0.05, 0) is 47.5 Å². The van der Waals surface area contributed by atoms with Crippen LogP contribution in [0.4, 0.5) is 4.79 Å². The molecule has 0 aromatic heterocycles. The van der Waals surface area contributed by atoms with Gasteiger partial charge in [0.15, 0.2) is 0 Å². The van der Waals surface area contributed by atoms with Gasteiger partial charge in [0.25, 0.3) is 0 Å². The topological polar surface area (TPSA) is 100 Å². The molecule has 0 spiro atoms. The van der Waals surface area contributed by atoms with Crippen molar-refractivity contribution in [1.29, 1.82) is 0 Å². The molecule has 7 nitrogen and oxygen atoms in total. The number of aliphatic hydroxyl groups excluding tert-OH is 1. The maximum absolute atomic E-state index is 11.1. The van der Waals surface area contributed by atoms with Crippen molar-refractivity contribution in [2.45, 2.75) is 71.6 Å². The molecule has 0 radical (unpaired) electrons. The molecule has 0 rings (SSSR count). The van der Waals surface area contributed by atoms with Gasteiger partial charge in [0.05, 0.1) is 6.10 Å². The fourth-order valence-corrected chi connectivity index (χ4v) is 5.35. The normalized spacial score (nSPS) is 15.9. The van der Waals surface area contributed by atoms with Crippen molar-refractivity contribution in [2.75, 3.05) is 19.8 Å². The van der Waals surface area contributed by atoms with E-state index in [-0.39, 0.29) is 0 Å². The fraction of sp³-hybridized carbons (Fsp3) is 0.933. The monoisotopic (exact) mass is 351 g/mol. The van der Waals surface area contributed by atoms with Crippen LogP contribution < -0.4 is 5.73 Å². The summed E-state index contributed by atoms with van der Waals surface area (Å²) in [6.45, 7) is 10.7. The van der Waals surface area contributed by atoms with Gasteiger partial charge < -0.3 is 28.9 Å². The lowest BCUT2D eigenvalue weighted by Gasteiger charge is -2.32. The number of carbonyl (C=O) groups is 1. The van der Waals surface area contributed by atoms with E-state index >= 15 is 0 Å². The molecule has 23 heavy (non-hydrogen) atoms. The number of hydrogen-bond donors (Lipinski definition) is 2. The highest BCUT2D eigenvalue weighted by Gasteiger charge is 2.41. The molecule has 1 amide bonds. The second-order valence-corrected chi connectivity index (χ2v) is 8.49. The minimum atomic E-state index is -2.71. The van der Waals surface area contributed by atoms with Crippen LogP contribution in [0.3, 0.4) is 0 Å². The molecule has 0 bridgehead atoms. The van der Waals surface area contributed by atoms with Crippen molar-refractivity contribution < 1.29 is 27.9 Å². The van der Waals surface area contributed by atoms with Crippen LogP contribution in [0.1, 0.15) is 53.9 Å². The van der Waals surface area contributed by atoms with E-state index < -0.39 is 26.6 Å². The minimum absolute atomic E-state index is 0.322. The standard InChI is InChI=1S/C15H33NO6Si/c1-6-19-23(20-7-2,21-8-3)11-9-10-15(5,12-13(4)17)22-14(16)18/h13,17H,6-12H2,1-5H3,(H2,16,18). The molecule has 0 aliphatic heterocycles. The fourth-order valence-electron chi connectivity index (χ4n) is 2.74. The Hall–Kier alpha value is -0.673. The molecule has 0 heterocycles. The quantitative estimate of drug-likeness (QED) is 0.494. The summed E-state index contributed by atoms with van der Waals surface area (Å²) in [5.74, 6) is 0. The summed E-state index contributed by atoms with van der Waals surface area (Å²) in [4.78, 5) is 11.1. The van der Waals surface area contributed by atoms with Gasteiger partial charge >= 0.3 is 14.9 Å². The van der Waals surface area contributed by atoms with Gasteiger partial charge in [-0.3, -0.25) is 0 Å². The molecule has 0 aliphatic carbocycles. The number of hydrogen-bond acceptors (Lipinski definition) is 6. The van der Waals surface area contributed by atoms with Gasteiger partial charge in [0.1, 0.15) is 5.60 Å². The van der Waals surface area contributed by atoms with Crippen LogP contribution in [0, 0.1) is 0 Å². The first kappa shape index (κ1) is 22.3. The van der Waals surface area contributed by atoms with Crippen molar-refractivity contribution in [3.05, 3.63) is 0 Å². The summed E-state index contributed by atoms with van der Waals surface area (Å²) >= 11 is 0. The van der Waals surface area contributed by atoms with E-state index in [4.69, 9.17) is 23.7 Å². The average Bonchev–Trinajstić information content (AvgIpc) is 2.37. The molecule has 3 N–H and O–H groups in total. The SMILES string of the molecule is CCO[Si](CCCC(C)(CC(C)O)OC(N)=O)(OCC)OCC. The Kier molecular flexibility index (Phi) is 10.7. The molecule has 0 fully saturated rings. The van der Waals surface area contributed by atoms with Crippen LogP contribution in [0.2, 0.25) is 6.04 Å². The first-order chi connectivity index (χ1) is 10.7. The van der Waals surface area contributed by atoms with E-state index in [0.717, 1.165) is 0 Å². The molecule has 8 heteroatoms. The zero-order chi connectivity index (χ0) is 17.9. The molecule has 2 unspecified atom stereocenters. The molecular weight excluding hydrogens is 318 g/mol. The lowest BCUT2D eigenvalue weighted by molar-refractivity contribution is -0.0126. The minimum Gasteiger partial charge on any atom is -0.443 e. The first-order valence-corrected chi connectivity index (χ1v) is 10.2. The number of rotatable bonds is 13. The van der Waals surface area contributed by atoms with E-state index in [1.54, 1.807) is 13.8 Å². The maximum Gasteiger partial charge on any atom is 0.500 e. The maximum atomic E-state index is 11.1. The molecule has 0 saturated heterocycles. The first-order valence-electron chi connectivity index (χ1n) is 8.31. The Morgan fingerprint density at radius 3 is 2.00 bits per heavy atom. The van der Waals surface area contributed by atoms with E-state index in [1.807, 2.05) is 20.8 Å². The van der Waals surface area contributed by atoms with Gasteiger partial charge in [0.2, 0.25) is 0 Å². The molecule has 0 aliphatic rings. The molecule has 0 aromatic carbocycles. The number of primary amides is 1. The summed E-state index contributed by atoms with van der Waals surface area (Å²) in [5.41, 5.74) is 4.33. The largest absolute Gasteiger partial charge is 0.500 e. The molecule has 0 aromatic rings. The van der Waals surface area contributed by atoms with Gasteiger partial charge in [-0.15, -0.1) is 0 Å². The van der Waals surface area contributed by atoms with Crippen molar-refractivity contribution in [3.8, 4) is 0 Å². The summed E-state index contributed by atoms with van der Waals surface area (Å²) in [7, 11) is -2.71.